The number of benzene rings is 3. The summed E-state index contributed by atoms with van der Waals surface area (Å²) in [5, 5.41) is 0. The maximum absolute atomic E-state index is 12.3. The van der Waals surface area contributed by atoms with Gasteiger partial charge in [-0.05, 0) is 80.4 Å². The third-order valence-corrected chi connectivity index (χ3v) is 6.05. The fourth-order valence-corrected chi connectivity index (χ4v) is 3.90. The maximum atomic E-state index is 12.3. The summed E-state index contributed by atoms with van der Waals surface area (Å²) in [6.07, 6.45) is 4.26. The van der Waals surface area contributed by atoms with Crippen LogP contribution in [0.15, 0.2) is 72.8 Å². The molecule has 5 nitrogen and oxygen atoms in total. The van der Waals surface area contributed by atoms with Crippen molar-refractivity contribution in [1.82, 2.24) is 0 Å². The second kappa shape index (κ2) is 13.2. The van der Waals surface area contributed by atoms with E-state index in [0.29, 0.717) is 24.5 Å². The summed E-state index contributed by atoms with van der Waals surface area (Å²) in [6.45, 7) is 10.3. The maximum Gasteiger partial charge on any atom is 0.338 e. The first-order valence-electron chi connectivity index (χ1n) is 12.3. The minimum Gasteiger partial charge on any atom is -0.497 e. The first-order valence-corrected chi connectivity index (χ1v) is 12.3. The summed E-state index contributed by atoms with van der Waals surface area (Å²) in [5.74, 6) is 0.388. The molecule has 0 fully saturated rings. The number of ether oxygens (including phenoxy) is 2. The Hall–Kier alpha value is -3.73. The smallest absolute Gasteiger partial charge is 0.338 e. The largest absolute Gasteiger partial charge is 0.497 e. The zero-order valence-corrected chi connectivity index (χ0v) is 21.2. The molecule has 3 rings (SSSR count). The van der Waals surface area contributed by atoms with Crippen molar-refractivity contribution in [3.63, 3.8) is 0 Å². The number of rotatable bonds is 12. The standard InChI is InChI=1S/C30H36N2O3/c1-5-31(6-2)27-16-10-24(11-17-27)8-9-25-12-18-28(19-13-25)32(7-3)22-23-35-30(33)26-14-20-29(34-4)21-15-26/h8-21H,5-7,22-23H2,1-4H3/b9-8+. The predicted molar refractivity (Wildman–Crippen MR) is 147 cm³/mol. The second-order valence-corrected chi connectivity index (χ2v) is 8.13. The third-order valence-electron chi connectivity index (χ3n) is 6.05. The van der Waals surface area contributed by atoms with Gasteiger partial charge < -0.3 is 19.3 Å². The molecule has 0 heterocycles. The molecule has 0 saturated heterocycles. The van der Waals surface area contributed by atoms with Crippen molar-refractivity contribution in [3.8, 4) is 5.75 Å². The quantitative estimate of drug-likeness (QED) is 0.226. The Labute approximate surface area is 209 Å². The Morgan fingerprint density at radius 1 is 0.714 bits per heavy atom. The van der Waals surface area contributed by atoms with Gasteiger partial charge in [-0.3, -0.25) is 0 Å². The Balaban J connectivity index is 1.52. The lowest BCUT2D eigenvalue weighted by Gasteiger charge is -2.23. The van der Waals surface area contributed by atoms with Crippen molar-refractivity contribution in [1.29, 1.82) is 0 Å². The zero-order valence-electron chi connectivity index (χ0n) is 21.2. The van der Waals surface area contributed by atoms with Crippen LogP contribution in [-0.4, -0.2) is 45.9 Å². The molecule has 0 amide bonds. The molecular formula is C30H36N2O3. The number of likely N-dealkylation sites (N-methyl/N-ethyl adjacent to an activating group) is 1. The van der Waals surface area contributed by atoms with Crippen molar-refractivity contribution >= 4 is 29.5 Å². The Kier molecular flexibility index (Phi) is 9.79. The number of carbonyl (C=O) groups excluding carboxylic acids is 1. The van der Waals surface area contributed by atoms with Crippen LogP contribution in [0.4, 0.5) is 11.4 Å². The summed E-state index contributed by atoms with van der Waals surface area (Å²) in [7, 11) is 1.60. The molecule has 0 atom stereocenters. The van der Waals surface area contributed by atoms with Crippen LogP contribution >= 0.6 is 0 Å². The van der Waals surface area contributed by atoms with E-state index in [1.807, 2.05) is 0 Å². The van der Waals surface area contributed by atoms with Crippen LogP contribution in [0.5, 0.6) is 5.75 Å². The fourth-order valence-electron chi connectivity index (χ4n) is 3.90. The topological polar surface area (TPSA) is 42.0 Å². The van der Waals surface area contributed by atoms with Crippen LogP contribution in [0.25, 0.3) is 12.2 Å². The van der Waals surface area contributed by atoms with E-state index in [2.05, 4.69) is 91.3 Å². The van der Waals surface area contributed by atoms with E-state index in [-0.39, 0.29) is 5.97 Å². The number of hydrogen-bond donors (Lipinski definition) is 0. The molecule has 35 heavy (non-hydrogen) atoms. The normalized spacial score (nSPS) is 10.9. The lowest BCUT2D eigenvalue weighted by molar-refractivity contribution is 0.0515. The third kappa shape index (κ3) is 7.38. The van der Waals surface area contributed by atoms with Gasteiger partial charge in [-0.2, -0.15) is 0 Å². The van der Waals surface area contributed by atoms with E-state index in [1.165, 1.54) is 11.3 Å². The lowest BCUT2D eigenvalue weighted by Crippen LogP contribution is -2.28. The SMILES string of the molecule is CCN(CC)c1ccc(/C=C/c2ccc(N(CC)CCOC(=O)c3ccc(OC)cc3)cc2)cc1. The molecule has 5 heteroatoms. The average molecular weight is 473 g/mol. The van der Waals surface area contributed by atoms with Crippen LogP contribution in [0, 0.1) is 0 Å². The van der Waals surface area contributed by atoms with Crippen molar-refractivity contribution in [2.24, 2.45) is 0 Å². The Morgan fingerprint density at radius 3 is 1.66 bits per heavy atom. The van der Waals surface area contributed by atoms with Gasteiger partial charge >= 0.3 is 5.97 Å². The number of nitrogens with zero attached hydrogens (tertiary/aromatic N) is 2. The molecule has 0 aliphatic carbocycles. The van der Waals surface area contributed by atoms with Gasteiger partial charge in [0.05, 0.1) is 19.2 Å². The molecule has 0 bridgehead atoms. The van der Waals surface area contributed by atoms with Crippen LogP contribution in [0.2, 0.25) is 0 Å². The molecule has 0 spiro atoms. The van der Waals surface area contributed by atoms with E-state index in [0.717, 1.165) is 30.9 Å². The highest BCUT2D eigenvalue weighted by Crippen LogP contribution is 2.19. The summed E-state index contributed by atoms with van der Waals surface area (Å²) in [5.41, 5.74) is 5.20. The van der Waals surface area contributed by atoms with E-state index in [1.54, 1.807) is 31.4 Å². The molecule has 0 aliphatic rings. The molecule has 0 saturated carbocycles. The fraction of sp³-hybridized carbons (Fsp3) is 0.300. The van der Waals surface area contributed by atoms with E-state index >= 15 is 0 Å². The average Bonchev–Trinajstić information content (AvgIpc) is 2.91. The van der Waals surface area contributed by atoms with Gasteiger partial charge in [-0.15, -0.1) is 0 Å². The van der Waals surface area contributed by atoms with E-state index in [4.69, 9.17) is 9.47 Å². The van der Waals surface area contributed by atoms with Crippen LogP contribution < -0.4 is 14.5 Å². The van der Waals surface area contributed by atoms with Crippen molar-refractivity contribution in [3.05, 3.63) is 89.5 Å². The van der Waals surface area contributed by atoms with Gasteiger partial charge in [-0.1, -0.05) is 36.4 Å². The molecule has 3 aromatic carbocycles. The number of anilines is 2. The molecule has 0 radical (unpaired) electrons. The highest BCUT2D eigenvalue weighted by atomic mass is 16.5. The number of methoxy groups -OCH3 is 1. The Morgan fingerprint density at radius 2 is 1.20 bits per heavy atom. The molecule has 3 aromatic rings. The molecule has 184 valence electrons. The van der Waals surface area contributed by atoms with Crippen LogP contribution in [0.1, 0.15) is 42.3 Å². The van der Waals surface area contributed by atoms with Gasteiger partial charge in [-0.25, -0.2) is 4.79 Å². The highest BCUT2D eigenvalue weighted by Gasteiger charge is 2.09. The van der Waals surface area contributed by atoms with Crippen molar-refractivity contribution in [2.75, 3.05) is 49.7 Å². The van der Waals surface area contributed by atoms with Crippen molar-refractivity contribution in [2.45, 2.75) is 20.8 Å². The molecule has 0 unspecified atom stereocenters. The van der Waals surface area contributed by atoms with Gasteiger partial charge in [0.1, 0.15) is 12.4 Å². The second-order valence-electron chi connectivity index (χ2n) is 8.13. The number of hydrogen-bond acceptors (Lipinski definition) is 5. The lowest BCUT2D eigenvalue weighted by atomic mass is 10.1. The highest BCUT2D eigenvalue weighted by molar-refractivity contribution is 5.89. The molecule has 0 aromatic heterocycles. The number of carbonyl (C=O) groups is 1. The van der Waals surface area contributed by atoms with Gasteiger partial charge in [0.15, 0.2) is 0 Å². The monoisotopic (exact) mass is 472 g/mol. The van der Waals surface area contributed by atoms with E-state index < -0.39 is 0 Å². The summed E-state index contributed by atoms with van der Waals surface area (Å²) in [6, 6.07) is 24.1. The van der Waals surface area contributed by atoms with Crippen molar-refractivity contribution < 1.29 is 14.3 Å². The summed E-state index contributed by atoms with van der Waals surface area (Å²) >= 11 is 0. The van der Waals surface area contributed by atoms with E-state index in [9.17, 15) is 4.79 Å². The predicted octanol–water partition coefficient (Wildman–Crippen LogP) is 6.40. The first kappa shape index (κ1) is 25.9. The first-order chi connectivity index (χ1) is 17.1. The molecule has 0 N–H and O–H groups in total. The van der Waals surface area contributed by atoms with Crippen LogP contribution in [-0.2, 0) is 4.74 Å². The molecular weight excluding hydrogens is 436 g/mol. The number of esters is 1. The molecule has 0 aliphatic heterocycles. The zero-order chi connectivity index (χ0) is 25.0. The summed E-state index contributed by atoms with van der Waals surface area (Å²) in [4.78, 5) is 16.8. The van der Waals surface area contributed by atoms with Gasteiger partial charge in [0.25, 0.3) is 0 Å². The minimum absolute atomic E-state index is 0.323. The Bertz CT molecular complexity index is 1070. The summed E-state index contributed by atoms with van der Waals surface area (Å²) < 4.78 is 10.6. The van der Waals surface area contributed by atoms with Gasteiger partial charge in [0, 0.05) is 31.0 Å². The minimum atomic E-state index is -0.325. The van der Waals surface area contributed by atoms with Crippen LogP contribution in [0.3, 0.4) is 0 Å². The van der Waals surface area contributed by atoms with Gasteiger partial charge in [0.2, 0.25) is 0 Å².